The van der Waals surface area contributed by atoms with E-state index in [1.165, 1.54) is 10.8 Å². The minimum atomic E-state index is -0.239. The minimum Gasteiger partial charge on any atom is -0.373 e. The summed E-state index contributed by atoms with van der Waals surface area (Å²) in [7, 11) is 3.58. The number of hydrogen-bond donors (Lipinski definition) is 1. The summed E-state index contributed by atoms with van der Waals surface area (Å²) in [5, 5.41) is 6.06. The van der Waals surface area contributed by atoms with Gasteiger partial charge >= 0.3 is 5.69 Å². The standard InChI is InChI=1S/C28H27N3O2/c1-28(2)14-19-24-18-8-6-5-7-16(18)9-11-20(24)29-26(25(19)23(32)15-28)17-10-12-21-22(13-17)31(4)27(33)30(21)3/h5-13,26,29H,14-15H2,1-4H3/t26-/m0/s1. The van der Waals surface area contributed by atoms with Crippen molar-refractivity contribution in [3.05, 3.63) is 81.8 Å². The van der Waals surface area contributed by atoms with E-state index in [1.807, 2.05) is 12.1 Å². The molecule has 0 bridgehead atoms. The third kappa shape index (κ3) is 2.85. The van der Waals surface area contributed by atoms with Crippen LogP contribution in [-0.4, -0.2) is 14.9 Å². The highest BCUT2D eigenvalue weighted by Gasteiger charge is 2.40. The number of Topliss-reactive ketones (excluding diaryl/α,β-unsaturated/α-hetero) is 1. The Labute approximate surface area is 192 Å². The molecule has 1 atom stereocenters. The molecule has 1 N–H and O–H groups in total. The molecule has 0 amide bonds. The van der Waals surface area contributed by atoms with Crippen molar-refractivity contribution < 1.29 is 4.79 Å². The highest BCUT2D eigenvalue weighted by Crippen LogP contribution is 2.52. The van der Waals surface area contributed by atoms with Gasteiger partial charge in [0, 0.05) is 37.3 Å². The highest BCUT2D eigenvalue weighted by atomic mass is 16.1. The van der Waals surface area contributed by atoms with Gasteiger partial charge in [0.25, 0.3) is 0 Å². The highest BCUT2D eigenvalue weighted by molar-refractivity contribution is 6.13. The van der Waals surface area contributed by atoms with Gasteiger partial charge in [0.15, 0.2) is 5.78 Å². The Morgan fingerprint density at radius 2 is 1.67 bits per heavy atom. The number of aromatic nitrogens is 2. The van der Waals surface area contributed by atoms with Crippen molar-refractivity contribution in [2.24, 2.45) is 19.5 Å². The van der Waals surface area contributed by atoms with E-state index in [0.29, 0.717) is 6.42 Å². The summed E-state index contributed by atoms with van der Waals surface area (Å²) in [6.45, 7) is 4.37. The van der Waals surface area contributed by atoms with Gasteiger partial charge in [-0.2, -0.15) is 0 Å². The van der Waals surface area contributed by atoms with Crippen molar-refractivity contribution in [1.82, 2.24) is 9.13 Å². The summed E-state index contributed by atoms with van der Waals surface area (Å²) in [6.07, 6.45) is 1.40. The fourth-order valence-electron chi connectivity index (χ4n) is 5.79. The van der Waals surface area contributed by atoms with Gasteiger partial charge < -0.3 is 5.32 Å². The first-order valence-corrected chi connectivity index (χ1v) is 11.5. The molecule has 1 aliphatic heterocycles. The third-order valence-electron chi connectivity index (χ3n) is 7.37. The maximum Gasteiger partial charge on any atom is 0.328 e. The van der Waals surface area contributed by atoms with Gasteiger partial charge in [0.2, 0.25) is 0 Å². The molecule has 0 saturated heterocycles. The first-order chi connectivity index (χ1) is 15.7. The SMILES string of the molecule is Cn1c(=O)n(C)c2cc([C@@H]3Nc4ccc5ccccc5c4C4=C3C(=O)CC(C)(C)C4)ccc21. The van der Waals surface area contributed by atoms with Gasteiger partial charge in [-0.15, -0.1) is 0 Å². The van der Waals surface area contributed by atoms with Gasteiger partial charge in [-0.1, -0.05) is 50.2 Å². The van der Waals surface area contributed by atoms with E-state index < -0.39 is 0 Å². The van der Waals surface area contributed by atoms with Crippen LogP contribution in [-0.2, 0) is 18.9 Å². The second-order valence-electron chi connectivity index (χ2n) is 10.3. The quantitative estimate of drug-likeness (QED) is 0.437. The number of carbonyl (C=O) groups is 1. The largest absolute Gasteiger partial charge is 0.373 e. The van der Waals surface area contributed by atoms with Gasteiger partial charge in [-0.05, 0) is 51.9 Å². The summed E-state index contributed by atoms with van der Waals surface area (Å²) in [5.74, 6) is 0.208. The molecule has 0 fully saturated rings. The van der Waals surface area contributed by atoms with Crippen LogP contribution in [0.2, 0.25) is 0 Å². The molecule has 1 aliphatic carbocycles. The topological polar surface area (TPSA) is 56.0 Å². The molecule has 166 valence electrons. The van der Waals surface area contributed by atoms with Crippen LogP contribution in [0.5, 0.6) is 0 Å². The van der Waals surface area contributed by atoms with Crippen molar-refractivity contribution in [2.45, 2.75) is 32.7 Å². The first-order valence-electron chi connectivity index (χ1n) is 11.5. The van der Waals surface area contributed by atoms with Crippen LogP contribution in [0.3, 0.4) is 0 Å². The molecular weight excluding hydrogens is 410 g/mol. The number of rotatable bonds is 1. The van der Waals surface area contributed by atoms with Crippen LogP contribution in [0, 0.1) is 5.41 Å². The lowest BCUT2D eigenvalue weighted by molar-refractivity contribution is -0.118. The van der Waals surface area contributed by atoms with E-state index in [1.54, 1.807) is 23.2 Å². The molecule has 0 radical (unpaired) electrons. The van der Waals surface area contributed by atoms with Gasteiger partial charge in [0.05, 0.1) is 17.1 Å². The predicted octanol–water partition coefficient (Wildman–Crippen LogP) is 5.34. The fourth-order valence-corrected chi connectivity index (χ4v) is 5.79. The molecule has 2 aliphatic rings. The van der Waals surface area contributed by atoms with E-state index in [9.17, 15) is 9.59 Å². The Bertz CT molecular complexity index is 1580. The molecule has 6 rings (SSSR count). The zero-order valence-corrected chi connectivity index (χ0v) is 19.4. The number of benzene rings is 3. The van der Waals surface area contributed by atoms with E-state index in [2.05, 4.69) is 61.6 Å². The van der Waals surface area contributed by atoms with Crippen LogP contribution in [0.25, 0.3) is 27.4 Å². The molecule has 2 heterocycles. The summed E-state index contributed by atoms with van der Waals surface area (Å²) >= 11 is 0. The Morgan fingerprint density at radius 3 is 2.48 bits per heavy atom. The first kappa shape index (κ1) is 20.0. The smallest absolute Gasteiger partial charge is 0.328 e. The molecular formula is C28H27N3O2. The third-order valence-corrected chi connectivity index (χ3v) is 7.37. The maximum atomic E-state index is 13.6. The molecule has 5 heteroatoms. The number of nitrogens with zero attached hydrogens (tertiary/aromatic N) is 2. The molecule has 0 spiro atoms. The predicted molar refractivity (Wildman–Crippen MR) is 133 cm³/mol. The summed E-state index contributed by atoms with van der Waals surface area (Å²) in [6, 6.07) is 18.5. The summed E-state index contributed by atoms with van der Waals surface area (Å²) < 4.78 is 3.33. The number of ketones is 1. The van der Waals surface area contributed by atoms with Gasteiger partial charge in [-0.25, -0.2) is 4.79 Å². The van der Waals surface area contributed by atoms with Crippen molar-refractivity contribution in [1.29, 1.82) is 0 Å². The average molecular weight is 438 g/mol. The zero-order chi connectivity index (χ0) is 23.1. The second-order valence-corrected chi connectivity index (χ2v) is 10.3. The number of allylic oxidation sites excluding steroid dienone is 1. The molecule has 33 heavy (non-hydrogen) atoms. The van der Waals surface area contributed by atoms with E-state index in [0.717, 1.165) is 45.4 Å². The Hall–Kier alpha value is -3.60. The molecule has 5 nitrogen and oxygen atoms in total. The fraction of sp³-hybridized carbons (Fsp3) is 0.286. The van der Waals surface area contributed by atoms with E-state index in [-0.39, 0.29) is 22.9 Å². The van der Waals surface area contributed by atoms with Crippen LogP contribution >= 0.6 is 0 Å². The number of imidazole rings is 1. The number of fused-ring (bicyclic) bond motifs is 5. The number of carbonyl (C=O) groups excluding carboxylic acids is 1. The Morgan fingerprint density at radius 1 is 0.909 bits per heavy atom. The van der Waals surface area contributed by atoms with Crippen LogP contribution < -0.4 is 11.0 Å². The second kappa shape index (κ2) is 6.70. The normalized spacial score (nSPS) is 19.5. The lowest BCUT2D eigenvalue weighted by Crippen LogP contribution is -2.33. The molecule has 3 aromatic carbocycles. The summed E-state index contributed by atoms with van der Waals surface area (Å²) in [4.78, 5) is 26.1. The Balaban J connectivity index is 1.63. The van der Waals surface area contributed by atoms with Crippen LogP contribution in [0.1, 0.15) is 43.9 Å². The lowest BCUT2D eigenvalue weighted by atomic mass is 9.68. The van der Waals surface area contributed by atoms with Crippen LogP contribution in [0.4, 0.5) is 5.69 Å². The van der Waals surface area contributed by atoms with Crippen molar-refractivity contribution in [3.8, 4) is 0 Å². The zero-order valence-electron chi connectivity index (χ0n) is 19.4. The lowest BCUT2D eigenvalue weighted by Gasteiger charge is -2.40. The van der Waals surface area contributed by atoms with Crippen molar-refractivity contribution in [3.63, 3.8) is 0 Å². The maximum absolute atomic E-state index is 13.6. The van der Waals surface area contributed by atoms with Gasteiger partial charge in [0.1, 0.15) is 0 Å². The number of nitrogens with one attached hydrogen (secondary N) is 1. The minimum absolute atomic E-state index is 0.0500. The monoisotopic (exact) mass is 437 g/mol. The number of hydrogen-bond acceptors (Lipinski definition) is 3. The van der Waals surface area contributed by atoms with E-state index in [4.69, 9.17) is 0 Å². The summed E-state index contributed by atoms with van der Waals surface area (Å²) in [5.41, 5.74) is 6.88. The van der Waals surface area contributed by atoms with Crippen molar-refractivity contribution in [2.75, 3.05) is 5.32 Å². The number of aryl methyl sites for hydroxylation is 2. The van der Waals surface area contributed by atoms with E-state index >= 15 is 0 Å². The number of anilines is 1. The molecule has 0 saturated carbocycles. The molecule has 0 unspecified atom stereocenters. The molecule has 1 aromatic heterocycles. The molecule has 4 aromatic rings. The van der Waals surface area contributed by atoms with Gasteiger partial charge in [-0.3, -0.25) is 13.9 Å². The van der Waals surface area contributed by atoms with Crippen LogP contribution in [0.15, 0.2) is 65.0 Å². The Kier molecular flexibility index (Phi) is 4.07. The van der Waals surface area contributed by atoms with Crippen molar-refractivity contribution >= 4 is 38.8 Å². The average Bonchev–Trinajstić information content (AvgIpc) is 3.00.